The first-order valence-corrected chi connectivity index (χ1v) is 7.79. The molecule has 2 rings (SSSR count). The lowest BCUT2D eigenvalue weighted by atomic mass is 10.2. The Morgan fingerprint density at radius 2 is 2.00 bits per heavy atom. The van der Waals surface area contributed by atoms with E-state index in [2.05, 4.69) is 0 Å². The minimum atomic E-state index is -0.374. The second-order valence-corrected chi connectivity index (χ2v) is 6.06. The normalized spacial score (nSPS) is 10.9. The van der Waals surface area contributed by atoms with Crippen LogP contribution in [0.5, 0.6) is 0 Å². The molecule has 0 saturated carbocycles. The monoisotopic (exact) mass is 305 g/mol. The molecule has 1 heterocycles. The van der Waals surface area contributed by atoms with Gasteiger partial charge in [0.05, 0.1) is 11.5 Å². The molecule has 0 atom stereocenters. The minimum absolute atomic E-state index is 0.0153. The van der Waals surface area contributed by atoms with Crippen LogP contribution in [0.2, 0.25) is 0 Å². The Labute approximate surface area is 128 Å². The molecule has 21 heavy (non-hydrogen) atoms. The SMILES string of the molecule is CCOC(=O)CN(C(=O)c1cc2ccccc2s1)C(C)C. The lowest BCUT2D eigenvalue weighted by Gasteiger charge is -2.25. The summed E-state index contributed by atoms with van der Waals surface area (Å²) in [5, 5.41) is 1.05. The van der Waals surface area contributed by atoms with Gasteiger partial charge in [0.15, 0.2) is 0 Å². The fourth-order valence-electron chi connectivity index (χ4n) is 2.06. The first-order chi connectivity index (χ1) is 10.0. The number of carbonyl (C=O) groups is 2. The van der Waals surface area contributed by atoms with Gasteiger partial charge >= 0.3 is 5.97 Å². The maximum Gasteiger partial charge on any atom is 0.325 e. The van der Waals surface area contributed by atoms with Gasteiger partial charge in [-0.2, -0.15) is 0 Å². The molecular weight excluding hydrogens is 286 g/mol. The van der Waals surface area contributed by atoms with Crippen molar-refractivity contribution in [2.75, 3.05) is 13.2 Å². The van der Waals surface area contributed by atoms with E-state index >= 15 is 0 Å². The molecule has 0 N–H and O–H groups in total. The van der Waals surface area contributed by atoms with E-state index in [4.69, 9.17) is 4.74 Å². The van der Waals surface area contributed by atoms with Crippen LogP contribution in [-0.2, 0) is 9.53 Å². The van der Waals surface area contributed by atoms with Crippen molar-refractivity contribution in [2.24, 2.45) is 0 Å². The summed E-state index contributed by atoms with van der Waals surface area (Å²) < 4.78 is 6.01. The Morgan fingerprint density at radius 1 is 1.29 bits per heavy atom. The Kier molecular flexibility index (Phi) is 4.96. The zero-order valence-electron chi connectivity index (χ0n) is 12.5. The zero-order valence-corrected chi connectivity index (χ0v) is 13.3. The zero-order chi connectivity index (χ0) is 15.4. The van der Waals surface area contributed by atoms with Gasteiger partial charge in [0.2, 0.25) is 0 Å². The summed E-state index contributed by atoms with van der Waals surface area (Å²) in [4.78, 5) is 26.5. The summed E-state index contributed by atoms with van der Waals surface area (Å²) in [6.07, 6.45) is 0. The quantitative estimate of drug-likeness (QED) is 0.796. The standard InChI is InChI=1S/C16H19NO3S/c1-4-20-15(18)10-17(11(2)3)16(19)14-9-12-7-5-6-8-13(12)21-14/h5-9,11H,4,10H2,1-3H3. The number of esters is 1. The van der Waals surface area contributed by atoms with Crippen molar-refractivity contribution in [3.05, 3.63) is 35.2 Å². The Hall–Kier alpha value is -1.88. The van der Waals surface area contributed by atoms with Gasteiger partial charge in [-0.3, -0.25) is 9.59 Å². The Bertz CT molecular complexity index is 615. The molecule has 4 nitrogen and oxygen atoms in total. The van der Waals surface area contributed by atoms with Gasteiger partial charge in [0, 0.05) is 10.7 Å². The van der Waals surface area contributed by atoms with Crippen LogP contribution in [0.4, 0.5) is 0 Å². The maximum absolute atomic E-state index is 12.6. The van der Waals surface area contributed by atoms with Gasteiger partial charge in [-0.1, -0.05) is 18.2 Å². The van der Waals surface area contributed by atoms with E-state index in [0.717, 1.165) is 10.1 Å². The van der Waals surface area contributed by atoms with Gasteiger partial charge in [-0.25, -0.2) is 0 Å². The maximum atomic E-state index is 12.6. The molecule has 0 radical (unpaired) electrons. The number of rotatable bonds is 5. The van der Waals surface area contributed by atoms with E-state index < -0.39 is 0 Å². The van der Waals surface area contributed by atoms with Gasteiger partial charge in [0.1, 0.15) is 6.54 Å². The average molecular weight is 305 g/mol. The Morgan fingerprint density at radius 3 is 2.62 bits per heavy atom. The van der Waals surface area contributed by atoms with Crippen molar-refractivity contribution in [3.63, 3.8) is 0 Å². The number of thiophene rings is 1. The summed E-state index contributed by atoms with van der Waals surface area (Å²) in [5.74, 6) is -0.500. The minimum Gasteiger partial charge on any atom is -0.465 e. The first-order valence-electron chi connectivity index (χ1n) is 6.98. The lowest BCUT2D eigenvalue weighted by molar-refractivity contribution is -0.144. The highest BCUT2D eigenvalue weighted by Crippen LogP contribution is 2.26. The van der Waals surface area contributed by atoms with Crippen molar-refractivity contribution >= 4 is 33.3 Å². The summed E-state index contributed by atoms with van der Waals surface area (Å²) in [5.41, 5.74) is 0. The van der Waals surface area contributed by atoms with E-state index in [0.29, 0.717) is 11.5 Å². The fraction of sp³-hybridized carbons (Fsp3) is 0.375. The van der Waals surface area contributed by atoms with Crippen molar-refractivity contribution in [1.82, 2.24) is 4.90 Å². The highest BCUT2D eigenvalue weighted by molar-refractivity contribution is 7.20. The molecule has 0 bridgehead atoms. The van der Waals surface area contributed by atoms with E-state index in [-0.39, 0.29) is 24.5 Å². The third-order valence-electron chi connectivity index (χ3n) is 3.13. The van der Waals surface area contributed by atoms with Crippen LogP contribution in [0.25, 0.3) is 10.1 Å². The molecule has 0 unspecified atom stereocenters. The predicted octanol–water partition coefficient (Wildman–Crippen LogP) is 3.32. The second-order valence-electron chi connectivity index (χ2n) is 4.98. The van der Waals surface area contributed by atoms with Gasteiger partial charge in [-0.15, -0.1) is 11.3 Å². The highest BCUT2D eigenvalue weighted by Gasteiger charge is 2.23. The summed E-state index contributed by atoms with van der Waals surface area (Å²) in [6, 6.07) is 9.68. The van der Waals surface area contributed by atoms with Crippen LogP contribution in [-0.4, -0.2) is 36.0 Å². The summed E-state index contributed by atoms with van der Waals surface area (Å²) >= 11 is 1.45. The molecular formula is C16H19NO3S. The number of ether oxygens (including phenoxy) is 1. The third-order valence-corrected chi connectivity index (χ3v) is 4.23. The summed E-state index contributed by atoms with van der Waals surface area (Å²) in [7, 11) is 0. The van der Waals surface area contributed by atoms with Gasteiger partial charge in [0.25, 0.3) is 5.91 Å². The summed E-state index contributed by atoms with van der Waals surface area (Å²) in [6.45, 7) is 5.85. The van der Waals surface area contributed by atoms with Crippen LogP contribution in [0.15, 0.2) is 30.3 Å². The highest BCUT2D eigenvalue weighted by atomic mass is 32.1. The smallest absolute Gasteiger partial charge is 0.325 e. The van der Waals surface area contributed by atoms with Crippen LogP contribution < -0.4 is 0 Å². The van der Waals surface area contributed by atoms with Gasteiger partial charge < -0.3 is 9.64 Å². The van der Waals surface area contributed by atoms with Crippen LogP contribution >= 0.6 is 11.3 Å². The molecule has 0 aliphatic rings. The fourth-order valence-corrected chi connectivity index (χ4v) is 3.08. The van der Waals surface area contributed by atoms with Crippen LogP contribution in [0.3, 0.4) is 0 Å². The van der Waals surface area contributed by atoms with Gasteiger partial charge in [-0.05, 0) is 38.3 Å². The number of amides is 1. The molecule has 2 aromatic rings. The van der Waals surface area contributed by atoms with E-state index in [1.54, 1.807) is 11.8 Å². The van der Waals surface area contributed by atoms with Crippen molar-refractivity contribution in [2.45, 2.75) is 26.8 Å². The molecule has 0 aliphatic carbocycles. The van der Waals surface area contributed by atoms with E-state index in [9.17, 15) is 9.59 Å². The van der Waals surface area contributed by atoms with Crippen LogP contribution in [0, 0.1) is 0 Å². The molecule has 112 valence electrons. The largest absolute Gasteiger partial charge is 0.465 e. The molecule has 0 spiro atoms. The number of benzene rings is 1. The molecule has 1 amide bonds. The Balaban J connectivity index is 2.23. The second kappa shape index (κ2) is 6.72. The predicted molar refractivity (Wildman–Crippen MR) is 84.6 cm³/mol. The number of carbonyl (C=O) groups excluding carboxylic acids is 2. The van der Waals surface area contributed by atoms with Crippen LogP contribution in [0.1, 0.15) is 30.4 Å². The molecule has 1 aromatic heterocycles. The topological polar surface area (TPSA) is 46.6 Å². The van der Waals surface area contributed by atoms with E-state index in [1.807, 2.05) is 44.2 Å². The molecule has 0 fully saturated rings. The van der Waals surface area contributed by atoms with Crippen molar-refractivity contribution in [1.29, 1.82) is 0 Å². The number of nitrogens with zero attached hydrogens (tertiary/aromatic N) is 1. The van der Waals surface area contributed by atoms with Crippen molar-refractivity contribution in [3.8, 4) is 0 Å². The number of hydrogen-bond donors (Lipinski definition) is 0. The molecule has 0 aliphatic heterocycles. The molecule has 5 heteroatoms. The third kappa shape index (κ3) is 3.61. The molecule has 1 aromatic carbocycles. The van der Waals surface area contributed by atoms with E-state index in [1.165, 1.54) is 11.3 Å². The average Bonchev–Trinajstić information content (AvgIpc) is 2.88. The lowest BCUT2D eigenvalue weighted by Crippen LogP contribution is -2.41. The van der Waals surface area contributed by atoms with Crippen molar-refractivity contribution < 1.29 is 14.3 Å². The first kappa shape index (κ1) is 15.5. The molecule has 0 saturated heterocycles. The number of hydrogen-bond acceptors (Lipinski definition) is 4. The number of fused-ring (bicyclic) bond motifs is 1.